The van der Waals surface area contributed by atoms with E-state index < -0.39 is 67.6 Å². The van der Waals surface area contributed by atoms with E-state index >= 15 is 4.39 Å². The van der Waals surface area contributed by atoms with Gasteiger partial charge in [0, 0.05) is 15.3 Å². The molecule has 41 heavy (non-hydrogen) atoms. The minimum Gasteiger partial charge on any atom is -0.319 e. The number of hydrogen-bond acceptors (Lipinski definition) is 3. The van der Waals surface area contributed by atoms with Gasteiger partial charge in [-0.3, -0.25) is 9.59 Å². The van der Waals surface area contributed by atoms with Crippen LogP contribution in [0.4, 0.5) is 55.3 Å². The van der Waals surface area contributed by atoms with Crippen molar-refractivity contribution in [2.24, 2.45) is 0 Å². The largest absolute Gasteiger partial charge is 0.457 e. The Hall–Kier alpha value is -2.42. The molecule has 1 atom stereocenters. The van der Waals surface area contributed by atoms with E-state index in [-0.39, 0.29) is 22.8 Å². The van der Waals surface area contributed by atoms with Crippen LogP contribution >= 0.6 is 57.1 Å². The predicted molar refractivity (Wildman–Crippen MR) is 143 cm³/mol. The van der Waals surface area contributed by atoms with Crippen molar-refractivity contribution < 1.29 is 53.5 Å². The maximum Gasteiger partial charge on any atom is 0.457 e. The van der Waals surface area contributed by atoms with Gasteiger partial charge in [0.05, 0.1) is 45.4 Å². The zero-order chi connectivity index (χ0) is 31.1. The molecule has 2 amide bonds. The SMILES string of the molecule is O=C(Nc1cccc(C(=O)N(I)c2ccc(C(F)(C(F)(F)F)C(F)(F)C(F)(F)F)cc2I)c1F)c1cccnc1Cl. The molecule has 2 aromatic carbocycles. The van der Waals surface area contributed by atoms with E-state index in [1.54, 1.807) is 0 Å². The second kappa shape index (κ2) is 11.7. The first-order chi connectivity index (χ1) is 18.8. The molecule has 1 N–H and O–H groups in total. The van der Waals surface area contributed by atoms with Gasteiger partial charge in [0.1, 0.15) is 5.15 Å². The van der Waals surface area contributed by atoms with Crippen LogP contribution < -0.4 is 8.43 Å². The lowest BCUT2D eigenvalue weighted by atomic mass is 9.87. The summed E-state index contributed by atoms with van der Waals surface area (Å²) in [7, 11) is 0. The van der Waals surface area contributed by atoms with Crippen LogP contribution in [0.3, 0.4) is 0 Å². The highest BCUT2D eigenvalue weighted by molar-refractivity contribution is 14.1. The van der Waals surface area contributed by atoms with Crippen molar-refractivity contribution in [2.45, 2.75) is 23.9 Å². The Morgan fingerprint density at radius 3 is 2.02 bits per heavy atom. The summed E-state index contributed by atoms with van der Waals surface area (Å²) < 4.78 is 136. The van der Waals surface area contributed by atoms with Gasteiger partial charge in [-0.15, -0.1) is 0 Å². The Bertz CT molecular complexity index is 1500. The fourth-order valence-electron chi connectivity index (χ4n) is 3.35. The standard InChI is InChI=1S/C23H10ClF10I2N3O2/c24-17-12(4-2-8-37-17)18(40)38-14-5-1-3-11(16(14)25)19(41)39(36)15-7-6-10(9-13(15)35)20(26,22(29,30)31)21(27,28)23(32,33)34/h1-9H,(H,38,40). The molecule has 1 aromatic heterocycles. The van der Waals surface area contributed by atoms with Crippen LogP contribution in [0, 0.1) is 9.39 Å². The maximum atomic E-state index is 15.2. The van der Waals surface area contributed by atoms with Crippen LogP contribution in [-0.4, -0.2) is 35.1 Å². The molecule has 3 aromatic rings. The third kappa shape index (κ3) is 6.06. The van der Waals surface area contributed by atoms with Gasteiger partial charge in [0.2, 0.25) is 0 Å². The Labute approximate surface area is 255 Å². The molecule has 0 spiro atoms. The molecule has 220 valence electrons. The molecule has 0 fully saturated rings. The number of nitrogens with zero attached hydrogens (tertiary/aromatic N) is 2. The van der Waals surface area contributed by atoms with Crippen molar-refractivity contribution in [3.05, 3.63) is 86.0 Å². The van der Waals surface area contributed by atoms with Gasteiger partial charge in [0.25, 0.3) is 11.8 Å². The Morgan fingerprint density at radius 2 is 1.49 bits per heavy atom. The van der Waals surface area contributed by atoms with E-state index in [1.807, 2.05) is 0 Å². The molecule has 0 aliphatic carbocycles. The molecule has 1 heterocycles. The van der Waals surface area contributed by atoms with Crippen LogP contribution in [0.1, 0.15) is 26.3 Å². The molecule has 0 saturated carbocycles. The number of benzene rings is 2. The minimum atomic E-state index is -6.91. The average Bonchev–Trinajstić information content (AvgIpc) is 2.87. The third-order valence-electron chi connectivity index (χ3n) is 5.40. The number of amides is 2. The summed E-state index contributed by atoms with van der Waals surface area (Å²) in [5.74, 6) is -10.2. The van der Waals surface area contributed by atoms with Crippen LogP contribution in [0.5, 0.6) is 0 Å². The van der Waals surface area contributed by atoms with Crippen molar-refractivity contribution in [1.82, 2.24) is 4.98 Å². The van der Waals surface area contributed by atoms with E-state index in [2.05, 4.69) is 10.3 Å². The van der Waals surface area contributed by atoms with E-state index in [4.69, 9.17) is 11.6 Å². The van der Waals surface area contributed by atoms with Gasteiger partial charge in [-0.05, 0) is 59.0 Å². The van der Waals surface area contributed by atoms with Gasteiger partial charge in [-0.25, -0.2) is 16.9 Å². The molecular formula is C23H10ClF10I2N3O2. The molecule has 1 unspecified atom stereocenters. The quantitative estimate of drug-likeness (QED) is 0.117. The summed E-state index contributed by atoms with van der Waals surface area (Å²) in [5, 5.41) is 1.99. The lowest BCUT2D eigenvalue weighted by Crippen LogP contribution is -2.59. The number of anilines is 2. The van der Waals surface area contributed by atoms with Gasteiger partial charge < -0.3 is 5.32 Å². The molecule has 0 saturated heterocycles. The second-order valence-electron chi connectivity index (χ2n) is 7.94. The Morgan fingerprint density at radius 1 is 0.878 bits per heavy atom. The van der Waals surface area contributed by atoms with Crippen molar-refractivity contribution in [2.75, 3.05) is 8.43 Å². The molecule has 3 rings (SSSR count). The molecule has 0 aliphatic heterocycles. The summed E-state index contributed by atoms with van der Waals surface area (Å²) in [5.41, 5.74) is -9.97. The topological polar surface area (TPSA) is 62.3 Å². The normalized spacial score (nSPS) is 13.9. The van der Waals surface area contributed by atoms with Gasteiger partial charge in [0.15, 0.2) is 5.82 Å². The molecular weight excluding hydrogens is 830 g/mol. The summed E-state index contributed by atoms with van der Waals surface area (Å²) in [6.07, 6.45) is -12.3. The molecule has 5 nitrogen and oxygen atoms in total. The molecule has 0 radical (unpaired) electrons. The number of carbonyl (C=O) groups excluding carboxylic acids is 2. The van der Waals surface area contributed by atoms with Crippen molar-refractivity contribution >= 4 is 80.2 Å². The summed E-state index contributed by atoms with van der Waals surface area (Å²) >= 11 is 8.28. The Balaban J connectivity index is 1.97. The van der Waals surface area contributed by atoms with Crippen molar-refractivity contribution in [3.8, 4) is 0 Å². The number of alkyl halides is 9. The summed E-state index contributed by atoms with van der Waals surface area (Å²) in [4.78, 5) is 29.2. The molecule has 18 heteroatoms. The first-order valence-electron chi connectivity index (χ1n) is 10.5. The van der Waals surface area contributed by atoms with Crippen LogP contribution in [0.2, 0.25) is 5.15 Å². The first kappa shape index (κ1) is 33.1. The number of nitrogens with one attached hydrogen (secondary N) is 1. The zero-order valence-electron chi connectivity index (χ0n) is 19.3. The van der Waals surface area contributed by atoms with Crippen LogP contribution in [0.25, 0.3) is 0 Å². The zero-order valence-corrected chi connectivity index (χ0v) is 24.4. The first-order valence-corrected chi connectivity index (χ1v) is 12.9. The number of aromatic nitrogens is 1. The Kier molecular flexibility index (Phi) is 9.44. The number of halogens is 13. The minimum absolute atomic E-state index is 0.00815. The number of carbonyl (C=O) groups is 2. The monoisotopic (exact) mass is 839 g/mol. The van der Waals surface area contributed by atoms with E-state index in [0.717, 1.165) is 18.2 Å². The van der Waals surface area contributed by atoms with Crippen LogP contribution in [0.15, 0.2) is 54.7 Å². The third-order valence-corrected chi connectivity index (χ3v) is 7.52. The fourth-order valence-corrected chi connectivity index (χ4v) is 5.46. The highest BCUT2D eigenvalue weighted by Crippen LogP contribution is 2.58. The van der Waals surface area contributed by atoms with Crippen LogP contribution in [-0.2, 0) is 5.67 Å². The van der Waals surface area contributed by atoms with E-state index in [1.165, 1.54) is 63.8 Å². The highest BCUT2D eigenvalue weighted by atomic mass is 127. The lowest BCUT2D eigenvalue weighted by molar-refractivity contribution is -0.389. The molecule has 0 aliphatic rings. The van der Waals surface area contributed by atoms with E-state index in [9.17, 15) is 49.1 Å². The predicted octanol–water partition coefficient (Wildman–Crippen LogP) is 8.65. The van der Waals surface area contributed by atoms with Gasteiger partial charge >= 0.3 is 23.9 Å². The summed E-state index contributed by atoms with van der Waals surface area (Å²) in [6, 6.07) is 6.44. The van der Waals surface area contributed by atoms with Crippen molar-refractivity contribution in [3.63, 3.8) is 0 Å². The van der Waals surface area contributed by atoms with Gasteiger partial charge in [-0.1, -0.05) is 23.7 Å². The lowest BCUT2D eigenvalue weighted by Gasteiger charge is -2.36. The highest BCUT2D eigenvalue weighted by Gasteiger charge is 2.81. The maximum absolute atomic E-state index is 15.2. The van der Waals surface area contributed by atoms with Gasteiger partial charge in [-0.2, -0.15) is 35.1 Å². The summed E-state index contributed by atoms with van der Waals surface area (Å²) in [6.45, 7) is 0. The number of rotatable bonds is 6. The smallest absolute Gasteiger partial charge is 0.319 e. The number of pyridine rings is 1. The number of hydrogen-bond donors (Lipinski definition) is 1. The van der Waals surface area contributed by atoms with Crippen molar-refractivity contribution in [1.29, 1.82) is 0 Å². The second-order valence-corrected chi connectivity index (χ2v) is 10.4. The fraction of sp³-hybridized carbons (Fsp3) is 0.174. The molecule has 0 bridgehead atoms. The van der Waals surface area contributed by atoms with E-state index in [0.29, 0.717) is 9.18 Å². The average molecular weight is 840 g/mol.